The van der Waals surface area contributed by atoms with Gasteiger partial charge in [-0.1, -0.05) is 36.8 Å². The highest BCUT2D eigenvalue weighted by Gasteiger charge is 2.46. The first-order valence-electron chi connectivity index (χ1n) is 7.80. The lowest BCUT2D eigenvalue weighted by molar-refractivity contribution is -0.157. The molecular weight excluding hydrogens is 282 g/mol. The van der Waals surface area contributed by atoms with Crippen molar-refractivity contribution in [2.24, 2.45) is 5.41 Å². The van der Waals surface area contributed by atoms with Crippen LogP contribution in [0.3, 0.4) is 0 Å². The molecule has 2 unspecified atom stereocenters. The fourth-order valence-electron chi connectivity index (χ4n) is 3.34. The van der Waals surface area contributed by atoms with Gasteiger partial charge in [0.2, 0.25) is 5.91 Å². The molecule has 2 N–H and O–H groups in total. The minimum absolute atomic E-state index is 0.0698. The number of carbonyl (C=O) groups is 2. The predicted molar refractivity (Wildman–Crippen MR) is 80.2 cm³/mol. The van der Waals surface area contributed by atoms with Gasteiger partial charge in [0, 0.05) is 13.0 Å². The fraction of sp³-hybridized carbons (Fsp3) is 0.529. The van der Waals surface area contributed by atoms with Crippen LogP contribution in [0.1, 0.15) is 43.8 Å². The molecule has 1 saturated heterocycles. The lowest BCUT2D eigenvalue weighted by Crippen LogP contribution is -2.45. The van der Waals surface area contributed by atoms with Crippen LogP contribution < -0.4 is 5.32 Å². The fourth-order valence-corrected chi connectivity index (χ4v) is 3.34. The molecule has 5 nitrogen and oxygen atoms in total. The zero-order valence-corrected chi connectivity index (χ0v) is 12.5. The monoisotopic (exact) mass is 303 g/mol. The van der Waals surface area contributed by atoms with Crippen molar-refractivity contribution in [3.63, 3.8) is 0 Å². The van der Waals surface area contributed by atoms with Crippen LogP contribution in [0.4, 0.5) is 0 Å². The van der Waals surface area contributed by atoms with Crippen LogP contribution in [-0.2, 0) is 14.3 Å². The molecule has 5 heteroatoms. The minimum Gasteiger partial charge on any atom is -0.481 e. The van der Waals surface area contributed by atoms with E-state index in [1.165, 1.54) is 0 Å². The van der Waals surface area contributed by atoms with Gasteiger partial charge in [-0.3, -0.25) is 9.59 Å². The maximum atomic E-state index is 12.3. The van der Waals surface area contributed by atoms with E-state index in [1.807, 2.05) is 30.3 Å². The molecular formula is C17H21NO4. The van der Waals surface area contributed by atoms with E-state index in [1.54, 1.807) is 0 Å². The van der Waals surface area contributed by atoms with Gasteiger partial charge in [-0.2, -0.15) is 0 Å². The van der Waals surface area contributed by atoms with E-state index < -0.39 is 11.4 Å². The Balaban J connectivity index is 1.62. The van der Waals surface area contributed by atoms with Crippen LogP contribution in [0.15, 0.2) is 30.3 Å². The van der Waals surface area contributed by atoms with Crippen molar-refractivity contribution >= 4 is 11.9 Å². The first-order chi connectivity index (χ1) is 10.6. The van der Waals surface area contributed by atoms with Crippen LogP contribution in [0.25, 0.3) is 0 Å². The second-order valence-corrected chi connectivity index (χ2v) is 6.28. The highest BCUT2D eigenvalue weighted by molar-refractivity contribution is 5.85. The minimum atomic E-state index is -0.851. The normalized spacial score (nSPS) is 26.2. The average molecular weight is 303 g/mol. The number of carboxylic acid groups (broad SMARTS) is 1. The summed E-state index contributed by atoms with van der Waals surface area (Å²) >= 11 is 0. The van der Waals surface area contributed by atoms with Crippen LogP contribution in [0.2, 0.25) is 0 Å². The standard InChI is InChI=1S/C17H21NO4/c19-14(11-17(16(20)21)8-4-9-17)18-13-7-10-22-15(13)12-5-2-1-3-6-12/h1-3,5-6,13,15H,4,7-11H2,(H,18,19)(H,20,21). The summed E-state index contributed by atoms with van der Waals surface area (Å²) in [5, 5.41) is 12.3. The Labute approximate surface area is 129 Å². The molecule has 2 aliphatic rings. The Morgan fingerprint density at radius 2 is 2.00 bits per heavy atom. The zero-order chi connectivity index (χ0) is 15.6. The van der Waals surface area contributed by atoms with Gasteiger partial charge in [-0.25, -0.2) is 0 Å². The number of hydrogen-bond acceptors (Lipinski definition) is 3. The number of carboxylic acids is 1. The molecule has 1 amide bonds. The average Bonchev–Trinajstić information content (AvgIpc) is 2.91. The molecule has 0 spiro atoms. The predicted octanol–water partition coefficient (Wildman–Crippen LogP) is 2.28. The topological polar surface area (TPSA) is 75.6 Å². The molecule has 1 saturated carbocycles. The molecule has 3 rings (SSSR count). The van der Waals surface area contributed by atoms with Crippen molar-refractivity contribution in [1.82, 2.24) is 5.32 Å². The third kappa shape index (κ3) is 2.86. The maximum Gasteiger partial charge on any atom is 0.310 e. The van der Waals surface area contributed by atoms with E-state index in [2.05, 4.69) is 5.32 Å². The van der Waals surface area contributed by atoms with Crippen molar-refractivity contribution in [3.8, 4) is 0 Å². The first-order valence-corrected chi connectivity index (χ1v) is 7.80. The van der Waals surface area contributed by atoms with Gasteiger partial charge in [0.05, 0.1) is 11.5 Å². The van der Waals surface area contributed by atoms with Gasteiger partial charge < -0.3 is 15.2 Å². The number of hydrogen-bond donors (Lipinski definition) is 2. The van der Waals surface area contributed by atoms with Crippen LogP contribution in [0, 0.1) is 5.41 Å². The smallest absolute Gasteiger partial charge is 0.310 e. The molecule has 0 aromatic heterocycles. The Kier molecular flexibility index (Phi) is 4.16. The largest absolute Gasteiger partial charge is 0.481 e. The molecule has 1 aromatic rings. The summed E-state index contributed by atoms with van der Waals surface area (Å²) in [6, 6.07) is 9.73. The summed E-state index contributed by atoms with van der Waals surface area (Å²) in [5.74, 6) is -1.03. The SMILES string of the molecule is O=C(CC1(C(=O)O)CCC1)NC1CCOC1c1ccccc1. The van der Waals surface area contributed by atoms with E-state index in [-0.39, 0.29) is 24.5 Å². The van der Waals surface area contributed by atoms with E-state index in [4.69, 9.17) is 4.74 Å². The molecule has 1 aliphatic heterocycles. The summed E-state index contributed by atoms with van der Waals surface area (Å²) in [5.41, 5.74) is 0.202. The van der Waals surface area contributed by atoms with Crippen molar-refractivity contribution in [1.29, 1.82) is 0 Å². The first kappa shape index (κ1) is 15.0. The number of amides is 1. The molecule has 0 bridgehead atoms. The zero-order valence-electron chi connectivity index (χ0n) is 12.5. The molecule has 1 heterocycles. The number of ether oxygens (including phenoxy) is 1. The van der Waals surface area contributed by atoms with Gasteiger partial charge >= 0.3 is 5.97 Å². The Bertz CT molecular complexity index is 553. The van der Waals surface area contributed by atoms with Crippen LogP contribution >= 0.6 is 0 Å². The molecule has 1 aliphatic carbocycles. The van der Waals surface area contributed by atoms with Crippen LogP contribution in [0.5, 0.6) is 0 Å². The lowest BCUT2D eigenvalue weighted by Gasteiger charge is -2.37. The summed E-state index contributed by atoms with van der Waals surface area (Å²) in [4.78, 5) is 23.6. The molecule has 118 valence electrons. The molecule has 2 fully saturated rings. The lowest BCUT2D eigenvalue weighted by atomic mass is 9.66. The van der Waals surface area contributed by atoms with Gasteiger partial charge in [0.15, 0.2) is 0 Å². The molecule has 0 radical (unpaired) electrons. The summed E-state index contributed by atoms with van der Waals surface area (Å²) < 4.78 is 5.74. The quantitative estimate of drug-likeness (QED) is 0.875. The Morgan fingerprint density at radius 3 is 2.59 bits per heavy atom. The number of nitrogens with one attached hydrogen (secondary N) is 1. The van der Waals surface area contributed by atoms with Crippen molar-refractivity contribution in [2.45, 2.75) is 44.2 Å². The summed E-state index contributed by atoms with van der Waals surface area (Å²) in [6.45, 7) is 0.606. The molecule has 22 heavy (non-hydrogen) atoms. The van der Waals surface area contributed by atoms with Crippen molar-refractivity contribution in [2.75, 3.05) is 6.61 Å². The second kappa shape index (κ2) is 6.08. The van der Waals surface area contributed by atoms with Gasteiger partial charge in [-0.15, -0.1) is 0 Å². The van der Waals surface area contributed by atoms with Crippen LogP contribution in [-0.4, -0.2) is 29.6 Å². The number of aliphatic carboxylic acids is 1. The van der Waals surface area contributed by atoms with Gasteiger partial charge in [0.25, 0.3) is 0 Å². The number of benzene rings is 1. The number of carbonyl (C=O) groups excluding carboxylic acids is 1. The van der Waals surface area contributed by atoms with Crippen molar-refractivity contribution in [3.05, 3.63) is 35.9 Å². The Morgan fingerprint density at radius 1 is 1.27 bits per heavy atom. The van der Waals surface area contributed by atoms with Crippen molar-refractivity contribution < 1.29 is 19.4 Å². The van der Waals surface area contributed by atoms with E-state index in [0.29, 0.717) is 19.4 Å². The number of rotatable bonds is 5. The maximum absolute atomic E-state index is 12.3. The second-order valence-electron chi connectivity index (χ2n) is 6.28. The summed E-state index contributed by atoms with van der Waals surface area (Å²) in [7, 11) is 0. The third-order valence-corrected chi connectivity index (χ3v) is 4.83. The van der Waals surface area contributed by atoms with E-state index >= 15 is 0 Å². The van der Waals surface area contributed by atoms with E-state index in [9.17, 15) is 14.7 Å². The summed E-state index contributed by atoms with van der Waals surface area (Å²) in [6.07, 6.45) is 2.76. The molecule has 2 atom stereocenters. The highest BCUT2D eigenvalue weighted by Crippen LogP contribution is 2.44. The Hall–Kier alpha value is -1.88. The van der Waals surface area contributed by atoms with E-state index in [0.717, 1.165) is 18.4 Å². The van der Waals surface area contributed by atoms with Gasteiger partial charge in [0.1, 0.15) is 6.10 Å². The third-order valence-electron chi connectivity index (χ3n) is 4.83. The van der Waals surface area contributed by atoms with Gasteiger partial charge in [-0.05, 0) is 24.8 Å². The molecule has 1 aromatic carbocycles. The highest BCUT2D eigenvalue weighted by atomic mass is 16.5.